The minimum Gasteiger partial charge on any atom is -0.347 e. The zero-order valence-corrected chi connectivity index (χ0v) is 17.5. The van der Waals surface area contributed by atoms with E-state index in [1.54, 1.807) is 36.4 Å². The predicted octanol–water partition coefficient (Wildman–Crippen LogP) is 5.57. The number of benzene rings is 2. The molecule has 5 rings (SSSR count). The molecule has 0 radical (unpaired) electrons. The van der Waals surface area contributed by atoms with E-state index in [2.05, 4.69) is 10.6 Å². The summed E-state index contributed by atoms with van der Waals surface area (Å²) in [7, 11) is 0. The van der Waals surface area contributed by atoms with E-state index in [9.17, 15) is 9.59 Å². The van der Waals surface area contributed by atoms with Crippen LogP contribution in [0.3, 0.4) is 0 Å². The average Bonchev–Trinajstić information content (AvgIpc) is 2.58. The minimum atomic E-state index is -0.214. The van der Waals surface area contributed by atoms with Crippen LogP contribution in [0, 0.1) is 11.3 Å². The Morgan fingerprint density at radius 3 is 2.36 bits per heavy atom. The van der Waals surface area contributed by atoms with E-state index in [0.717, 1.165) is 19.3 Å². The van der Waals surface area contributed by atoms with E-state index < -0.39 is 0 Å². The van der Waals surface area contributed by atoms with E-state index in [-0.39, 0.29) is 28.7 Å². The lowest BCUT2D eigenvalue weighted by Gasteiger charge is -2.72. The molecule has 0 unspecified atom stereocenters. The Balaban J connectivity index is 1.35. The molecule has 0 spiro atoms. The van der Waals surface area contributed by atoms with Gasteiger partial charge in [0.2, 0.25) is 5.91 Å². The number of hydrogen-bond acceptors (Lipinski definition) is 2. The van der Waals surface area contributed by atoms with Crippen LogP contribution in [0.15, 0.2) is 42.5 Å². The van der Waals surface area contributed by atoms with E-state index >= 15 is 0 Å². The van der Waals surface area contributed by atoms with Crippen molar-refractivity contribution in [2.24, 2.45) is 11.3 Å². The van der Waals surface area contributed by atoms with Gasteiger partial charge in [0.1, 0.15) is 0 Å². The molecule has 0 saturated heterocycles. The highest BCUT2D eigenvalue weighted by Crippen LogP contribution is 2.70. The predicted molar refractivity (Wildman–Crippen MR) is 112 cm³/mol. The molecule has 2 N–H and O–H groups in total. The molecule has 2 aromatic rings. The number of carbonyl (C=O) groups is 2. The Labute approximate surface area is 178 Å². The highest BCUT2D eigenvalue weighted by atomic mass is 35.5. The van der Waals surface area contributed by atoms with Gasteiger partial charge < -0.3 is 10.6 Å². The number of anilines is 1. The number of halogens is 3. The van der Waals surface area contributed by atoms with Crippen molar-refractivity contribution in [2.45, 2.75) is 31.7 Å². The summed E-state index contributed by atoms with van der Waals surface area (Å²) in [6.07, 6.45) is 2.41. The van der Waals surface area contributed by atoms with Crippen molar-refractivity contribution in [1.82, 2.24) is 5.32 Å². The van der Waals surface area contributed by atoms with Crippen LogP contribution in [0.2, 0.25) is 15.1 Å². The van der Waals surface area contributed by atoms with Crippen molar-refractivity contribution in [2.75, 3.05) is 5.32 Å². The Bertz CT molecular complexity index is 956. The minimum absolute atomic E-state index is 0.0219. The maximum Gasteiger partial charge on any atom is 0.251 e. The number of carbonyl (C=O) groups excluding carboxylic acids is 2. The van der Waals surface area contributed by atoms with Crippen molar-refractivity contribution in [1.29, 1.82) is 0 Å². The second-order valence-electron chi connectivity index (χ2n) is 7.98. The summed E-state index contributed by atoms with van der Waals surface area (Å²) in [6, 6.07) is 12.0. The Hall–Kier alpha value is -1.75. The Morgan fingerprint density at radius 1 is 1.00 bits per heavy atom. The van der Waals surface area contributed by atoms with Gasteiger partial charge in [-0.3, -0.25) is 9.59 Å². The average molecular weight is 438 g/mol. The van der Waals surface area contributed by atoms with Crippen molar-refractivity contribution >= 4 is 52.3 Å². The first-order valence-corrected chi connectivity index (χ1v) is 10.2. The number of hydrogen-bond donors (Lipinski definition) is 2. The molecule has 2 aromatic carbocycles. The molecule has 28 heavy (non-hydrogen) atoms. The normalized spacial score (nSPS) is 25.9. The third-order valence-corrected chi connectivity index (χ3v) is 7.01. The fourth-order valence-corrected chi connectivity index (χ4v) is 4.99. The molecule has 3 saturated carbocycles. The first-order valence-electron chi connectivity index (χ1n) is 9.06. The van der Waals surface area contributed by atoms with Crippen molar-refractivity contribution < 1.29 is 9.59 Å². The molecule has 2 bridgehead atoms. The van der Waals surface area contributed by atoms with Gasteiger partial charge in [-0.2, -0.15) is 0 Å². The summed E-state index contributed by atoms with van der Waals surface area (Å²) in [6.45, 7) is 1.95. The van der Waals surface area contributed by atoms with Gasteiger partial charge in [0.05, 0.1) is 10.0 Å². The Kier molecular flexibility index (Phi) is 4.85. The van der Waals surface area contributed by atoms with E-state index in [1.165, 1.54) is 0 Å². The zero-order valence-electron chi connectivity index (χ0n) is 15.2. The van der Waals surface area contributed by atoms with Crippen LogP contribution in [-0.2, 0) is 4.79 Å². The molecule has 146 valence electrons. The molecular weight excluding hydrogens is 419 g/mol. The third-order valence-electron chi connectivity index (χ3n) is 6.04. The molecule has 0 aromatic heterocycles. The van der Waals surface area contributed by atoms with Crippen LogP contribution in [0.4, 0.5) is 5.69 Å². The van der Waals surface area contributed by atoms with Crippen molar-refractivity contribution in [3.8, 4) is 0 Å². The van der Waals surface area contributed by atoms with Crippen LogP contribution in [-0.4, -0.2) is 17.4 Å². The lowest BCUT2D eigenvalue weighted by molar-refractivity contribution is -0.184. The summed E-state index contributed by atoms with van der Waals surface area (Å²) < 4.78 is 0. The van der Waals surface area contributed by atoms with Gasteiger partial charge in [-0.25, -0.2) is 0 Å². The molecule has 3 fully saturated rings. The molecule has 0 aliphatic heterocycles. The van der Waals surface area contributed by atoms with Crippen LogP contribution in [0.1, 0.15) is 36.5 Å². The van der Waals surface area contributed by atoms with Gasteiger partial charge in [-0.1, -0.05) is 47.8 Å². The number of amides is 2. The molecule has 3 aliphatic carbocycles. The first-order chi connectivity index (χ1) is 13.2. The van der Waals surface area contributed by atoms with Gasteiger partial charge in [-0.15, -0.1) is 0 Å². The van der Waals surface area contributed by atoms with Crippen molar-refractivity contribution in [3.05, 3.63) is 63.1 Å². The van der Waals surface area contributed by atoms with Gasteiger partial charge in [0, 0.05) is 27.7 Å². The van der Waals surface area contributed by atoms with Gasteiger partial charge >= 0.3 is 0 Å². The molecule has 3 aliphatic rings. The summed E-state index contributed by atoms with van der Waals surface area (Å²) in [5.74, 6) is -0.329. The lowest BCUT2D eigenvalue weighted by Crippen LogP contribution is -2.77. The van der Waals surface area contributed by atoms with Gasteiger partial charge in [-0.05, 0) is 61.1 Å². The smallest absolute Gasteiger partial charge is 0.251 e. The highest BCUT2D eigenvalue weighted by molar-refractivity contribution is 6.42. The Morgan fingerprint density at radius 2 is 1.71 bits per heavy atom. The van der Waals surface area contributed by atoms with Crippen LogP contribution in [0.5, 0.6) is 0 Å². The molecule has 0 heterocycles. The topological polar surface area (TPSA) is 58.2 Å². The van der Waals surface area contributed by atoms with Gasteiger partial charge in [0.15, 0.2) is 0 Å². The highest BCUT2D eigenvalue weighted by Gasteiger charge is 2.71. The van der Waals surface area contributed by atoms with Crippen molar-refractivity contribution in [3.63, 3.8) is 0 Å². The standard InChI is InChI=1S/C21H19Cl3N2O2/c1-12(18(27)25-15-4-2-3-14(22)8-15)20-9-21(10-20,11-20)26-19(28)13-5-6-16(23)17(24)7-13/h2-8,12H,9-11H2,1H3,(H,25,27)(H,26,28)/t12-,20?,21?/m1/s1. The molecular formula is C21H19Cl3N2O2. The second kappa shape index (κ2) is 6.94. The summed E-state index contributed by atoms with van der Waals surface area (Å²) >= 11 is 17.9. The summed E-state index contributed by atoms with van der Waals surface area (Å²) in [5, 5.41) is 7.40. The first kappa shape index (κ1) is 19.6. The summed E-state index contributed by atoms with van der Waals surface area (Å²) in [5.41, 5.74) is 0.917. The largest absolute Gasteiger partial charge is 0.347 e. The van der Waals surface area contributed by atoms with Gasteiger partial charge in [0.25, 0.3) is 5.91 Å². The monoisotopic (exact) mass is 436 g/mol. The third kappa shape index (κ3) is 3.38. The molecule has 1 atom stereocenters. The quantitative estimate of drug-likeness (QED) is 0.642. The van der Waals surface area contributed by atoms with Crippen LogP contribution < -0.4 is 10.6 Å². The number of nitrogens with one attached hydrogen (secondary N) is 2. The van der Waals surface area contributed by atoms with E-state index in [1.807, 2.05) is 13.0 Å². The number of rotatable bonds is 5. The maximum atomic E-state index is 12.6. The zero-order chi connectivity index (χ0) is 20.1. The van der Waals surface area contributed by atoms with Crippen LogP contribution in [0.25, 0.3) is 0 Å². The maximum absolute atomic E-state index is 12.6. The SMILES string of the molecule is C[C@H](C(=O)Nc1cccc(Cl)c1)C12CC(NC(=O)c3ccc(Cl)c(Cl)c3)(C1)C2. The fourth-order valence-electron chi connectivity index (χ4n) is 4.50. The molecule has 4 nitrogen and oxygen atoms in total. The van der Waals surface area contributed by atoms with E-state index in [4.69, 9.17) is 34.8 Å². The lowest BCUT2D eigenvalue weighted by atomic mass is 9.36. The fraction of sp³-hybridized carbons (Fsp3) is 0.333. The molecule has 2 amide bonds. The van der Waals surface area contributed by atoms with E-state index in [0.29, 0.717) is 26.3 Å². The van der Waals surface area contributed by atoms with Crippen LogP contribution >= 0.6 is 34.8 Å². The molecule has 7 heteroatoms. The summed E-state index contributed by atoms with van der Waals surface area (Å²) in [4.78, 5) is 25.2. The second-order valence-corrected chi connectivity index (χ2v) is 9.23.